The Bertz CT molecular complexity index is 643. The van der Waals surface area contributed by atoms with Crippen LogP contribution in [-0.2, 0) is 7.05 Å². The average molecular weight is 256 g/mol. The van der Waals surface area contributed by atoms with E-state index in [2.05, 4.69) is 32.9 Å². The highest BCUT2D eigenvalue weighted by atomic mass is 16.1. The standard InChI is InChI=1S/C16H20N2O/c1-9-6-10(2)15(11(3)7-9)14-8-13(16(17)19)12(4)18(14)5/h6-8H,1-5H3,(H2,17,19). The summed E-state index contributed by atoms with van der Waals surface area (Å²) in [5, 5.41) is 0. The Morgan fingerprint density at radius 3 is 2.00 bits per heavy atom. The Labute approximate surface area is 114 Å². The van der Waals surface area contributed by atoms with Crippen LogP contribution >= 0.6 is 0 Å². The lowest BCUT2D eigenvalue weighted by atomic mass is 9.97. The van der Waals surface area contributed by atoms with Crippen LogP contribution in [0.25, 0.3) is 11.3 Å². The molecule has 0 saturated heterocycles. The van der Waals surface area contributed by atoms with E-state index >= 15 is 0 Å². The summed E-state index contributed by atoms with van der Waals surface area (Å²) in [6.45, 7) is 8.21. The maximum absolute atomic E-state index is 11.5. The Morgan fingerprint density at radius 1 is 1.05 bits per heavy atom. The zero-order chi connectivity index (χ0) is 14.3. The van der Waals surface area contributed by atoms with Crippen molar-refractivity contribution in [2.24, 2.45) is 12.8 Å². The minimum Gasteiger partial charge on any atom is -0.366 e. The van der Waals surface area contributed by atoms with Crippen LogP contribution in [0.5, 0.6) is 0 Å². The number of hydrogen-bond acceptors (Lipinski definition) is 1. The van der Waals surface area contributed by atoms with E-state index in [9.17, 15) is 4.79 Å². The van der Waals surface area contributed by atoms with Crippen molar-refractivity contribution < 1.29 is 4.79 Å². The minimum absolute atomic E-state index is 0.373. The van der Waals surface area contributed by atoms with Gasteiger partial charge in [0.05, 0.1) is 5.56 Å². The summed E-state index contributed by atoms with van der Waals surface area (Å²) in [4.78, 5) is 11.5. The van der Waals surface area contributed by atoms with Crippen LogP contribution in [-0.4, -0.2) is 10.5 Å². The second-order valence-corrected chi connectivity index (χ2v) is 5.23. The van der Waals surface area contributed by atoms with Gasteiger partial charge < -0.3 is 10.3 Å². The Balaban J connectivity index is 2.73. The van der Waals surface area contributed by atoms with Crippen LogP contribution in [0.3, 0.4) is 0 Å². The van der Waals surface area contributed by atoms with Gasteiger partial charge >= 0.3 is 0 Å². The number of amides is 1. The molecule has 0 aliphatic rings. The lowest BCUT2D eigenvalue weighted by Crippen LogP contribution is -2.11. The van der Waals surface area contributed by atoms with Crippen molar-refractivity contribution in [1.82, 2.24) is 4.57 Å². The summed E-state index contributed by atoms with van der Waals surface area (Å²) in [6, 6.07) is 6.21. The molecule has 0 spiro atoms. The molecule has 1 heterocycles. The van der Waals surface area contributed by atoms with Gasteiger partial charge in [-0.05, 0) is 44.9 Å². The number of hydrogen-bond donors (Lipinski definition) is 1. The molecule has 0 bridgehead atoms. The highest BCUT2D eigenvalue weighted by molar-refractivity contribution is 5.96. The van der Waals surface area contributed by atoms with Gasteiger partial charge in [0.15, 0.2) is 0 Å². The zero-order valence-corrected chi connectivity index (χ0v) is 12.2. The molecule has 0 unspecified atom stereocenters. The van der Waals surface area contributed by atoms with Crippen LogP contribution in [0.1, 0.15) is 32.7 Å². The lowest BCUT2D eigenvalue weighted by molar-refractivity contribution is 0.0999. The highest BCUT2D eigenvalue weighted by Gasteiger charge is 2.17. The van der Waals surface area contributed by atoms with Gasteiger partial charge in [0, 0.05) is 24.0 Å². The van der Waals surface area contributed by atoms with E-state index in [1.165, 1.54) is 22.3 Å². The first kappa shape index (κ1) is 13.4. The molecule has 0 saturated carbocycles. The number of nitrogens with two attached hydrogens (primary N) is 1. The van der Waals surface area contributed by atoms with E-state index < -0.39 is 0 Å². The molecule has 1 amide bonds. The fraction of sp³-hybridized carbons (Fsp3) is 0.312. The second-order valence-electron chi connectivity index (χ2n) is 5.23. The fourth-order valence-corrected chi connectivity index (χ4v) is 2.77. The molecule has 1 aromatic carbocycles. The minimum atomic E-state index is -0.373. The quantitative estimate of drug-likeness (QED) is 0.882. The average Bonchev–Trinajstić information content (AvgIpc) is 2.56. The molecule has 2 rings (SSSR count). The molecule has 0 atom stereocenters. The van der Waals surface area contributed by atoms with Gasteiger partial charge in [0.25, 0.3) is 5.91 Å². The van der Waals surface area contributed by atoms with Crippen molar-refractivity contribution >= 4 is 5.91 Å². The van der Waals surface area contributed by atoms with Crippen molar-refractivity contribution in [3.8, 4) is 11.3 Å². The summed E-state index contributed by atoms with van der Waals surface area (Å²) in [5.41, 5.74) is 12.8. The summed E-state index contributed by atoms with van der Waals surface area (Å²) in [5.74, 6) is -0.373. The monoisotopic (exact) mass is 256 g/mol. The van der Waals surface area contributed by atoms with E-state index in [1.54, 1.807) is 0 Å². The van der Waals surface area contributed by atoms with Gasteiger partial charge in [-0.1, -0.05) is 17.7 Å². The molecule has 3 nitrogen and oxygen atoms in total. The van der Waals surface area contributed by atoms with Gasteiger partial charge in [0.2, 0.25) is 0 Å². The predicted octanol–water partition coefficient (Wildman–Crippen LogP) is 3.02. The summed E-state index contributed by atoms with van der Waals surface area (Å²) < 4.78 is 2.03. The molecule has 19 heavy (non-hydrogen) atoms. The summed E-state index contributed by atoms with van der Waals surface area (Å²) in [6.07, 6.45) is 0. The number of aromatic nitrogens is 1. The number of aryl methyl sites for hydroxylation is 3. The van der Waals surface area contributed by atoms with E-state index in [0.29, 0.717) is 5.56 Å². The maximum atomic E-state index is 11.5. The van der Waals surface area contributed by atoms with Crippen LogP contribution in [0.2, 0.25) is 0 Å². The number of benzene rings is 1. The van der Waals surface area contributed by atoms with E-state index in [0.717, 1.165) is 11.4 Å². The third kappa shape index (κ3) is 2.16. The largest absolute Gasteiger partial charge is 0.366 e. The molecule has 3 heteroatoms. The normalized spacial score (nSPS) is 10.8. The molecule has 2 N–H and O–H groups in total. The lowest BCUT2D eigenvalue weighted by Gasteiger charge is -2.13. The van der Waals surface area contributed by atoms with Crippen LogP contribution in [0.15, 0.2) is 18.2 Å². The van der Waals surface area contributed by atoms with Gasteiger partial charge in [-0.15, -0.1) is 0 Å². The van der Waals surface area contributed by atoms with E-state index in [4.69, 9.17) is 5.73 Å². The third-order valence-electron chi connectivity index (χ3n) is 3.73. The Hall–Kier alpha value is -2.03. The van der Waals surface area contributed by atoms with E-state index in [-0.39, 0.29) is 5.91 Å². The Kier molecular flexibility index (Phi) is 3.23. The number of carbonyl (C=O) groups is 1. The molecule has 100 valence electrons. The predicted molar refractivity (Wildman–Crippen MR) is 78.3 cm³/mol. The second kappa shape index (κ2) is 4.57. The maximum Gasteiger partial charge on any atom is 0.250 e. The highest BCUT2D eigenvalue weighted by Crippen LogP contribution is 2.31. The molecular formula is C16H20N2O. The molecule has 0 aliphatic heterocycles. The van der Waals surface area contributed by atoms with Crippen molar-refractivity contribution in [3.05, 3.63) is 46.1 Å². The van der Waals surface area contributed by atoms with Crippen LogP contribution in [0, 0.1) is 27.7 Å². The molecule has 1 aromatic heterocycles. The topological polar surface area (TPSA) is 48.0 Å². The zero-order valence-electron chi connectivity index (χ0n) is 12.2. The Morgan fingerprint density at radius 2 is 1.58 bits per heavy atom. The molecule has 0 fully saturated rings. The first-order valence-corrected chi connectivity index (χ1v) is 6.37. The third-order valence-corrected chi connectivity index (χ3v) is 3.73. The first-order valence-electron chi connectivity index (χ1n) is 6.37. The van der Waals surface area contributed by atoms with Gasteiger partial charge in [0.1, 0.15) is 0 Å². The molecular weight excluding hydrogens is 236 g/mol. The van der Waals surface area contributed by atoms with Crippen molar-refractivity contribution in [3.63, 3.8) is 0 Å². The SMILES string of the molecule is Cc1cc(C)c(-c2cc(C(N)=O)c(C)n2C)c(C)c1. The molecule has 0 aliphatic carbocycles. The summed E-state index contributed by atoms with van der Waals surface area (Å²) >= 11 is 0. The molecule has 0 radical (unpaired) electrons. The molecule has 2 aromatic rings. The van der Waals surface area contributed by atoms with Crippen LogP contribution in [0.4, 0.5) is 0 Å². The van der Waals surface area contributed by atoms with Crippen molar-refractivity contribution in [1.29, 1.82) is 0 Å². The van der Waals surface area contributed by atoms with Gasteiger partial charge in [-0.25, -0.2) is 0 Å². The van der Waals surface area contributed by atoms with Crippen molar-refractivity contribution in [2.75, 3.05) is 0 Å². The number of primary amides is 1. The first-order chi connectivity index (χ1) is 8.82. The van der Waals surface area contributed by atoms with Crippen LogP contribution < -0.4 is 5.73 Å². The number of carbonyl (C=O) groups excluding carboxylic acids is 1. The number of rotatable bonds is 2. The smallest absolute Gasteiger partial charge is 0.250 e. The van der Waals surface area contributed by atoms with Crippen molar-refractivity contribution in [2.45, 2.75) is 27.7 Å². The van der Waals surface area contributed by atoms with E-state index in [1.807, 2.05) is 24.6 Å². The van der Waals surface area contributed by atoms with Gasteiger partial charge in [-0.2, -0.15) is 0 Å². The summed E-state index contributed by atoms with van der Waals surface area (Å²) in [7, 11) is 1.97. The number of nitrogens with zero attached hydrogens (tertiary/aromatic N) is 1. The van der Waals surface area contributed by atoms with Gasteiger partial charge in [-0.3, -0.25) is 4.79 Å². The fourth-order valence-electron chi connectivity index (χ4n) is 2.77.